The Morgan fingerprint density at radius 3 is 2.82 bits per heavy atom. The number of amides is 1. The van der Waals surface area contributed by atoms with E-state index in [0.717, 1.165) is 12.8 Å². The van der Waals surface area contributed by atoms with Crippen molar-refractivity contribution in [1.82, 2.24) is 5.32 Å². The maximum Gasteiger partial charge on any atom is 0.287 e. The molecule has 5 heteroatoms. The lowest BCUT2D eigenvalue weighted by molar-refractivity contribution is 0.0877. The zero-order chi connectivity index (χ0) is 15.5. The van der Waals surface area contributed by atoms with Crippen molar-refractivity contribution >= 4 is 5.91 Å². The molecule has 1 amide bonds. The highest BCUT2D eigenvalue weighted by atomic mass is 19.1. The van der Waals surface area contributed by atoms with Crippen LogP contribution in [0, 0.1) is 11.7 Å². The summed E-state index contributed by atoms with van der Waals surface area (Å²) in [6.45, 7) is 0.424. The predicted molar refractivity (Wildman–Crippen MR) is 81.8 cm³/mol. The van der Waals surface area contributed by atoms with E-state index < -0.39 is 0 Å². The van der Waals surface area contributed by atoms with Gasteiger partial charge in [-0.15, -0.1) is 0 Å². The van der Waals surface area contributed by atoms with Crippen molar-refractivity contribution in [2.45, 2.75) is 25.3 Å². The predicted octanol–water partition coefficient (Wildman–Crippen LogP) is 2.94. The number of benzene rings is 1. The lowest BCUT2D eigenvalue weighted by Gasteiger charge is -2.33. The summed E-state index contributed by atoms with van der Waals surface area (Å²) in [6, 6.07) is 9.34. The van der Waals surface area contributed by atoms with Gasteiger partial charge >= 0.3 is 0 Å². The summed E-state index contributed by atoms with van der Waals surface area (Å²) in [7, 11) is 0. The number of halogens is 1. The number of carbonyl (C=O) groups excluding carboxylic acids is 1. The van der Waals surface area contributed by atoms with Crippen molar-refractivity contribution in [1.29, 1.82) is 0 Å². The normalized spacial score (nSPS) is 16.1. The molecule has 1 unspecified atom stereocenters. The molecule has 0 saturated heterocycles. The smallest absolute Gasteiger partial charge is 0.287 e. The second-order valence-electron chi connectivity index (χ2n) is 5.68. The van der Waals surface area contributed by atoms with E-state index in [2.05, 4.69) is 5.32 Å². The van der Waals surface area contributed by atoms with Crippen molar-refractivity contribution in [3.05, 3.63) is 48.0 Å². The van der Waals surface area contributed by atoms with Gasteiger partial charge in [0.05, 0.1) is 0 Å². The summed E-state index contributed by atoms with van der Waals surface area (Å²) < 4.78 is 18.8. The van der Waals surface area contributed by atoms with E-state index in [-0.39, 0.29) is 23.5 Å². The summed E-state index contributed by atoms with van der Waals surface area (Å²) in [6.07, 6.45) is 3.41. The quantitative estimate of drug-likeness (QED) is 0.892. The van der Waals surface area contributed by atoms with Gasteiger partial charge in [-0.05, 0) is 43.0 Å². The van der Waals surface area contributed by atoms with Gasteiger partial charge in [-0.2, -0.15) is 0 Å². The Balaban J connectivity index is 1.71. The number of hydrogen-bond donors (Lipinski definition) is 2. The van der Waals surface area contributed by atoms with Gasteiger partial charge in [0, 0.05) is 18.2 Å². The van der Waals surface area contributed by atoms with Crippen LogP contribution in [0.15, 0.2) is 40.8 Å². The maximum absolute atomic E-state index is 13.2. The minimum atomic E-state index is -0.340. The Morgan fingerprint density at radius 2 is 2.18 bits per heavy atom. The first-order chi connectivity index (χ1) is 10.7. The Hall–Kier alpha value is -2.14. The van der Waals surface area contributed by atoms with Gasteiger partial charge in [0.25, 0.3) is 5.91 Å². The number of hydrogen-bond acceptors (Lipinski definition) is 3. The van der Waals surface area contributed by atoms with Crippen molar-refractivity contribution in [3.8, 4) is 11.3 Å². The van der Waals surface area contributed by atoms with Crippen LogP contribution in [-0.2, 0) is 0 Å². The molecule has 0 aliphatic heterocycles. The monoisotopic (exact) mass is 302 g/mol. The fourth-order valence-corrected chi connectivity index (χ4v) is 2.71. The van der Waals surface area contributed by atoms with Gasteiger partial charge in [-0.1, -0.05) is 18.6 Å². The Labute approximate surface area is 128 Å². The molecule has 1 saturated carbocycles. The molecule has 1 aromatic carbocycles. The van der Waals surface area contributed by atoms with Crippen LogP contribution in [-0.4, -0.2) is 18.5 Å². The first-order valence-electron chi connectivity index (χ1n) is 7.54. The van der Waals surface area contributed by atoms with E-state index >= 15 is 0 Å². The van der Waals surface area contributed by atoms with Crippen LogP contribution in [0.4, 0.5) is 4.39 Å². The van der Waals surface area contributed by atoms with E-state index in [1.807, 2.05) is 0 Å². The van der Waals surface area contributed by atoms with Crippen LogP contribution in [0.5, 0.6) is 0 Å². The second kappa shape index (κ2) is 6.32. The standard InChI is InChI=1S/C17H19FN2O2/c18-13-6-2-5-12(9-13)15-7-8-16(22-15)17(21)20-14(10-19)11-3-1-4-11/h2,5-9,11,14H,1,3-4,10,19H2,(H,20,21). The second-order valence-corrected chi connectivity index (χ2v) is 5.68. The maximum atomic E-state index is 13.2. The molecule has 22 heavy (non-hydrogen) atoms. The topological polar surface area (TPSA) is 68.3 Å². The van der Waals surface area contributed by atoms with E-state index in [1.165, 1.54) is 18.6 Å². The van der Waals surface area contributed by atoms with Gasteiger partial charge in [0.1, 0.15) is 11.6 Å². The van der Waals surface area contributed by atoms with Crippen molar-refractivity contribution < 1.29 is 13.6 Å². The molecule has 1 heterocycles. The summed E-state index contributed by atoms with van der Waals surface area (Å²) >= 11 is 0. The summed E-state index contributed by atoms with van der Waals surface area (Å²) in [5, 5.41) is 2.93. The molecule has 3 N–H and O–H groups in total. The number of carbonyl (C=O) groups is 1. The van der Waals surface area contributed by atoms with Crippen LogP contribution in [0.3, 0.4) is 0 Å². The molecule has 1 atom stereocenters. The zero-order valence-electron chi connectivity index (χ0n) is 12.2. The zero-order valence-corrected chi connectivity index (χ0v) is 12.2. The number of furan rings is 1. The molecule has 1 fully saturated rings. The van der Waals surface area contributed by atoms with Gasteiger partial charge < -0.3 is 15.5 Å². The molecule has 0 radical (unpaired) electrons. The van der Waals surface area contributed by atoms with Crippen LogP contribution in [0.1, 0.15) is 29.8 Å². The molecular weight excluding hydrogens is 283 g/mol. The fraction of sp³-hybridized carbons (Fsp3) is 0.353. The molecule has 3 rings (SSSR count). The lowest BCUT2D eigenvalue weighted by Crippen LogP contribution is -2.47. The Bertz CT molecular complexity index is 664. The van der Waals surface area contributed by atoms with Crippen LogP contribution < -0.4 is 11.1 Å². The molecule has 1 aromatic heterocycles. The number of rotatable bonds is 5. The van der Waals surface area contributed by atoms with Crippen molar-refractivity contribution in [2.75, 3.05) is 6.54 Å². The highest BCUT2D eigenvalue weighted by molar-refractivity contribution is 5.92. The van der Waals surface area contributed by atoms with Crippen LogP contribution in [0.2, 0.25) is 0 Å². The average Bonchev–Trinajstić information content (AvgIpc) is 2.94. The number of nitrogens with one attached hydrogen (secondary N) is 1. The van der Waals surface area contributed by atoms with Crippen molar-refractivity contribution in [3.63, 3.8) is 0 Å². The molecule has 1 aliphatic carbocycles. The van der Waals surface area contributed by atoms with E-state index in [0.29, 0.717) is 23.8 Å². The first kappa shape index (κ1) is 14.8. The van der Waals surface area contributed by atoms with E-state index in [1.54, 1.807) is 24.3 Å². The summed E-state index contributed by atoms with van der Waals surface area (Å²) in [4.78, 5) is 12.2. The Kier molecular flexibility index (Phi) is 4.24. The first-order valence-corrected chi connectivity index (χ1v) is 7.54. The van der Waals surface area contributed by atoms with Gasteiger partial charge in [-0.25, -0.2) is 4.39 Å². The van der Waals surface area contributed by atoms with Gasteiger partial charge in [-0.3, -0.25) is 4.79 Å². The molecule has 1 aliphatic rings. The van der Waals surface area contributed by atoms with E-state index in [9.17, 15) is 9.18 Å². The third-order valence-electron chi connectivity index (χ3n) is 4.23. The number of nitrogens with two attached hydrogens (primary N) is 1. The highest BCUT2D eigenvalue weighted by Gasteiger charge is 2.28. The Morgan fingerprint density at radius 1 is 1.36 bits per heavy atom. The van der Waals surface area contributed by atoms with Gasteiger partial charge in [0.15, 0.2) is 5.76 Å². The third-order valence-corrected chi connectivity index (χ3v) is 4.23. The minimum Gasteiger partial charge on any atom is -0.451 e. The summed E-state index contributed by atoms with van der Waals surface area (Å²) in [5.74, 6) is 0.541. The molecular formula is C17H19FN2O2. The molecule has 2 aromatic rings. The fourth-order valence-electron chi connectivity index (χ4n) is 2.71. The molecule has 0 spiro atoms. The molecule has 4 nitrogen and oxygen atoms in total. The third kappa shape index (κ3) is 3.04. The lowest BCUT2D eigenvalue weighted by atomic mass is 9.79. The van der Waals surface area contributed by atoms with Crippen LogP contribution >= 0.6 is 0 Å². The summed E-state index contributed by atoms with van der Waals surface area (Å²) in [5.41, 5.74) is 6.34. The molecule has 116 valence electrons. The van der Waals surface area contributed by atoms with E-state index in [4.69, 9.17) is 10.2 Å². The molecule has 0 bridgehead atoms. The van der Waals surface area contributed by atoms with Crippen LogP contribution in [0.25, 0.3) is 11.3 Å². The average molecular weight is 302 g/mol. The van der Waals surface area contributed by atoms with Gasteiger partial charge in [0.2, 0.25) is 0 Å². The van der Waals surface area contributed by atoms with Crippen molar-refractivity contribution in [2.24, 2.45) is 11.7 Å². The largest absolute Gasteiger partial charge is 0.451 e. The minimum absolute atomic E-state index is 0.0102. The highest BCUT2D eigenvalue weighted by Crippen LogP contribution is 2.29. The SMILES string of the molecule is NCC(NC(=O)c1ccc(-c2cccc(F)c2)o1)C1CCC1.